The molecule has 2 fully saturated rings. The van der Waals surface area contributed by atoms with Gasteiger partial charge in [-0.05, 0) is 43.5 Å². The summed E-state index contributed by atoms with van der Waals surface area (Å²) in [5.74, 6) is -2.75. The highest BCUT2D eigenvalue weighted by Crippen LogP contribution is 2.40. The minimum absolute atomic E-state index is 0.00557. The summed E-state index contributed by atoms with van der Waals surface area (Å²) in [7, 11) is 0. The second-order valence-corrected chi connectivity index (χ2v) is 10.9. The van der Waals surface area contributed by atoms with Crippen LogP contribution in [0.25, 0.3) is 21.9 Å². The van der Waals surface area contributed by atoms with Crippen LogP contribution in [0, 0.1) is 0 Å². The van der Waals surface area contributed by atoms with Crippen molar-refractivity contribution in [1.29, 1.82) is 0 Å². The molecule has 10 nitrogen and oxygen atoms in total. The number of fused-ring (bicyclic) bond motifs is 2. The molecule has 4 aromatic rings. The number of pyridine rings is 2. The fraction of sp³-hybridized carbons (Fsp3) is 0.444. The van der Waals surface area contributed by atoms with Crippen molar-refractivity contribution in [2.45, 2.75) is 75.2 Å². The number of rotatable bonds is 6. The Labute approximate surface area is 234 Å². The molecule has 3 heterocycles. The number of hydrogen-bond donors (Lipinski definition) is 5. The van der Waals surface area contributed by atoms with Crippen LogP contribution in [-0.4, -0.2) is 46.4 Å². The first-order valence-electron chi connectivity index (χ1n) is 13.4. The van der Waals surface area contributed by atoms with E-state index in [1.165, 1.54) is 28.8 Å². The van der Waals surface area contributed by atoms with E-state index in [4.69, 9.17) is 0 Å². The fourth-order valence-corrected chi connectivity index (χ4v) is 6.03. The average Bonchev–Trinajstić information content (AvgIpc) is 3.59. The molecular weight excluding hydrogens is 567 g/mol. The zero-order valence-electron chi connectivity index (χ0n) is 22.0. The quantitative estimate of drug-likeness (QED) is 0.159. The largest absolute Gasteiger partial charge is 0.418 e. The second-order valence-electron chi connectivity index (χ2n) is 10.9. The molecule has 15 heteroatoms. The predicted molar refractivity (Wildman–Crippen MR) is 142 cm³/mol. The van der Waals surface area contributed by atoms with E-state index in [1.54, 1.807) is 0 Å². The van der Waals surface area contributed by atoms with Gasteiger partial charge in [-0.3, -0.25) is 4.57 Å². The molecule has 0 radical (unpaired) electrons. The third kappa shape index (κ3) is 5.27. The summed E-state index contributed by atoms with van der Waals surface area (Å²) in [5.41, 5.74) is -2.03. The van der Waals surface area contributed by atoms with Crippen LogP contribution in [-0.2, 0) is 12.3 Å². The summed E-state index contributed by atoms with van der Waals surface area (Å²) in [6.07, 6.45) is -4.75. The van der Waals surface area contributed by atoms with Crippen molar-refractivity contribution in [3.8, 4) is 0 Å². The summed E-state index contributed by atoms with van der Waals surface area (Å²) < 4.78 is 71.2. The van der Waals surface area contributed by atoms with Crippen LogP contribution in [0.4, 0.5) is 39.3 Å². The van der Waals surface area contributed by atoms with Crippen LogP contribution in [0.15, 0.2) is 41.3 Å². The highest BCUT2D eigenvalue weighted by Gasteiger charge is 2.40. The van der Waals surface area contributed by atoms with E-state index in [0.29, 0.717) is 17.4 Å². The molecule has 2 saturated carbocycles. The van der Waals surface area contributed by atoms with E-state index < -0.39 is 41.9 Å². The molecule has 0 spiro atoms. The summed E-state index contributed by atoms with van der Waals surface area (Å²) in [5, 5.41) is 35.2. The molecule has 1 atom stereocenters. The molecule has 1 aromatic carbocycles. The van der Waals surface area contributed by atoms with Gasteiger partial charge in [0.15, 0.2) is 0 Å². The first kappa shape index (κ1) is 28.3. The SMILES string of the molecule is O=c1n(C2CCCC2)c2cc(Nc3ccc4cc(NC5CCC(F)(F)C5)cc(C(F)(F)F)c4n3)ncc2n1C(O)(O)O. The molecule has 0 bridgehead atoms. The maximum Gasteiger partial charge on any atom is 0.418 e. The Morgan fingerprint density at radius 2 is 1.71 bits per heavy atom. The lowest BCUT2D eigenvalue weighted by Gasteiger charge is -2.18. The summed E-state index contributed by atoms with van der Waals surface area (Å²) >= 11 is 0. The van der Waals surface area contributed by atoms with E-state index in [0.717, 1.165) is 25.1 Å². The first-order chi connectivity index (χ1) is 19.7. The number of hydrogen-bond acceptors (Lipinski definition) is 8. The van der Waals surface area contributed by atoms with Gasteiger partial charge in [-0.1, -0.05) is 12.8 Å². The number of halogens is 5. The zero-order chi connectivity index (χ0) is 30.0. The Kier molecular flexibility index (Phi) is 6.66. The van der Waals surface area contributed by atoms with Crippen molar-refractivity contribution in [1.82, 2.24) is 19.1 Å². The van der Waals surface area contributed by atoms with E-state index in [-0.39, 0.29) is 58.1 Å². The monoisotopic (exact) mass is 594 g/mol. The maximum atomic E-state index is 14.1. The molecule has 3 aromatic heterocycles. The number of anilines is 3. The lowest BCUT2D eigenvalue weighted by atomic mass is 10.1. The van der Waals surface area contributed by atoms with Gasteiger partial charge in [-0.25, -0.2) is 28.1 Å². The Morgan fingerprint density at radius 3 is 2.36 bits per heavy atom. The van der Waals surface area contributed by atoms with Crippen LogP contribution in [0.2, 0.25) is 0 Å². The molecule has 224 valence electrons. The number of alkyl halides is 5. The Hall–Kier alpha value is -3.82. The number of nitrogens with zero attached hydrogens (tertiary/aromatic N) is 4. The molecule has 2 aliphatic rings. The first-order valence-corrected chi connectivity index (χ1v) is 13.4. The summed E-state index contributed by atoms with van der Waals surface area (Å²) in [6.45, 7) is 0. The molecule has 0 aliphatic heterocycles. The summed E-state index contributed by atoms with van der Waals surface area (Å²) in [6, 6.07) is 5.62. The van der Waals surface area contributed by atoms with Gasteiger partial charge >= 0.3 is 18.0 Å². The highest BCUT2D eigenvalue weighted by molar-refractivity contribution is 5.88. The standard InChI is InChI=1S/C27H27F5N6O4/c28-25(29)8-7-15(12-25)34-16-9-14-5-6-21(36-23(14)18(10-16)26(30,31)32)35-22-11-19-20(13-33-22)38(27(40,41)42)24(39)37(19)17-3-1-2-4-17/h5-6,9-11,13,15,17,34,40-42H,1-4,7-8,12H2,(H,33,35,36). The number of aliphatic hydroxyl groups is 3. The number of aromatic nitrogens is 4. The molecule has 0 amide bonds. The zero-order valence-corrected chi connectivity index (χ0v) is 22.0. The van der Waals surface area contributed by atoms with Gasteiger partial charge in [-0.15, -0.1) is 0 Å². The van der Waals surface area contributed by atoms with Crippen molar-refractivity contribution < 1.29 is 37.3 Å². The molecule has 2 aliphatic carbocycles. The van der Waals surface area contributed by atoms with Crippen molar-refractivity contribution in [2.75, 3.05) is 10.6 Å². The van der Waals surface area contributed by atoms with E-state index in [2.05, 4.69) is 20.6 Å². The topological polar surface area (TPSA) is 137 Å². The van der Waals surface area contributed by atoms with Crippen LogP contribution < -0.4 is 16.3 Å². The Morgan fingerprint density at radius 1 is 0.976 bits per heavy atom. The third-order valence-corrected chi connectivity index (χ3v) is 7.88. The molecular formula is C27H27F5N6O4. The molecule has 1 unspecified atom stereocenters. The lowest BCUT2D eigenvalue weighted by Crippen LogP contribution is -2.41. The lowest BCUT2D eigenvalue weighted by molar-refractivity contribution is -0.374. The minimum Gasteiger partial charge on any atom is -0.382 e. The summed E-state index contributed by atoms with van der Waals surface area (Å²) in [4.78, 5) is 21.4. The minimum atomic E-state index is -4.79. The maximum absolute atomic E-state index is 14.1. The van der Waals surface area contributed by atoms with Gasteiger partial charge in [0.05, 0.1) is 28.3 Å². The van der Waals surface area contributed by atoms with Crippen molar-refractivity contribution in [3.05, 3.63) is 52.6 Å². The highest BCUT2D eigenvalue weighted by atomic mass is 19.4. The average molecular weight is 595 g/mol. The van der Waals surface area contributed by atoms with Crippen molar-refractivity contribution in [3.63, 3.8) is 0 Å². The van der Waals surface area contributed by atoms with Gasteiger partial charge in [0.1, 0.15) is 11.6 Å². The molecule has 0 saturated heterocycles. The molecule has 42 heavy (non-hydrogen) atoms. The van der Waals surface area contributed by atoms with Crippen LogP contribution in [0.3, 0.4) is 0 Å². The van der Waals surface area contributed by atoms with Crippen molar-refractivity contribution >= 4 is 39.3 Å². The van der Waals surface area contributed by atoms with Crippen molar-refractivity contribution in [2.24, 2.45) is 0 Å². The van der Waals surface area contributed by atoms with Crippen LogP contribution >= 0.6 is 0 Å². The smallest absolute Gasteiger partial charge is 0.382 e. The number of benzene rings is 1. The van der Waals surface area contributed by atoms with Gasteiger partial charge in [-0.2, -0.15) is 13.2 Å². The Balaban J connectivity index is 1.37. The van der Waals surface area contributed by atoms with Gasteiger partial charge in [0.25, 0.3) is 0 Å². The van der Waals surface area contributed by atoms with Gasteiger partial charge < -0.3 is 26.0 Å². The normalized spacial score (nSPS) is 19.7. The fourth-order valence-electron chi connectivity index (χ4n) is 6.03. The van der Waals surface area contributed by atoms with Crippen LogP contribution in [0.5, 0.6) is 0 Å². The third-order valence-electron chi connectivity index (χ3n) is 7.88. The number of nitrogens with one attached hydrogen (secondary N) is 2. The van der Waals surface area contributed by atoms with E-state index in [1.807, 2.05) is 0 Å². The molecule has 5 N–H and O–H groups in total. The van der Waals surface area contributed by atoms with E-state index >= 15 is 0 Å². The Bertz CT molecular complexity index is 1720. The van der Waals surface area contributed by atoms with Crippen LogP contribution in [0.1, 0.15) is 56.6 Å². The predicted octanol–water partition coefficient (Wildman–Crippen LogP) is 4.77. The second kappa shape index (κ2) is 9.88. The van der Waals surface area contributed by atoms with E-state index in [9.17, 15) is 42.1 Å². The van der Waals surface area contributed by atoms with Gasteiger partial charge in [0, 0.05) is 42.1 Å². The molecule has 6 rings (SSSR count). The number of imidazole rings is 1. The van der Waals surface area contributed by atoms with Gasteiger partial charge in [0.2, 0.25) is 5.92 Å².